The number of amides is 2. The minimum absolute atomic E-state index is 0. The van der Waals surface area contributed by atoms with Crippen LogP contribution in [0.15, 0.2) is 53.5 Å². The summed E-state index contributed by atoms with van der Waals surface area (Å²) in [6, 6.07) is 15.6. The predicted molar refractivity (Wildman–Crippen MR) is 140 cm³/mol. The summed E-state index contributed by atoms with van der Waals surface area (Å²) in [6.45, 7) is 7.17. The van der Waals surface area contributed by atoms with Crippen LogP contribution in [0.3, 0.4) is 0 Å². The number of halogens is 1. The van der Waals surface area contributed by atoms with Crippen molar-refractivity contribution in [3.05, 3.63) is 65.2 Å². The van der Waals surface area contributed by atoms with E-state index < -0.39 is 0 Å². The molecule has 8 heteroatoms. The second-order valence-corrected chi connectivity index (χ2v) is 7.42. The Labute approximate surface area is 207 Å². The van der Waals surface area contributed by atoms with Crippen molar-refractivity contribution in [3.63, 3.8) is 0 Å². The lowest BCUT2D eigenvalue weighted by Crippen LogP contribution is -2.36. The molecule has 3 rings (SSSR count). The zero-order chi connectivity index (χ0) is 22.1. The largest absolute Gasteiger partial charge is 0.357 e. The van der Waals surface area contributed by atoms with Crippen LogP contribution in [0, 0.1) is 0 Å². The molecule has 0 radical (unpaired) electrons. The quantitative estimate of drug-likeness (QED) is 0.268. The zero-order valence-electron chi connectivity index (χ0n) is 18.7. The fraction of sp³-hybridized carbons (Fsp3) is 0.375. The molecule has 1 aliphatic heterocycles. The van der Waals surface area contributed by atoms with Gasteiger partial charge in [-0.15, -0.1) is 24.0 Å². The molecule has 0 spiro atoms. The van der Waals surface area contributed by atoms with Gasteiger partial charge in [-0.1, -0.05) is 24.3 Å². The monoisotopic (exact) mass is 549 g/mol. The third-order valence-electron chi connectivity index (χ3n) is 5.07. The number of nitrogens with one attached hydrogen (secondary N) is 3. The lowest BCUT2D eigenvalue weighted by Gasteiger charge is -2.16. The van der Waals surface area contributed by atoms with Crippen LogP contribution in [0.1, 0.15) is 48.2 Å². The molecule has 0 aliphatic carbocycles. The molecule has 1 fully saturated rings. The Balaban J connectivity index is 0.00000363. The van der Waals surface area contributed by atoms with Crippen LogP contribution in [0.25, 0.3) is 0 Å². The maximum absolute atomic E-state index is 12.0. The molecule has 172 valence electrons. The SMILES string of the molecule is CCNC(=O)c1cccc(CN=C(NCC)NCc2ccc(N3CCCC3=O)cc2)c1.I. The van der Waals surface area contributed by atoms with Gasteiger partial charge in [-0.25, -0.2) is 4.99 Å². The summed E-state index contributed by atoms with van der Waals surface area (Å²) in [4.78, 5) is 30.4. The molecular formula is C24H32IN5O2. The second-order valence-electron chi connectivity index (χ2n) is 7.42. The van der Waals surface area contributed by atoms with Gasteiger partial charge in [-0.3, -0.25) is 9.59 Å². The van der Waals surface area contributed by atoms with E-state index in [0.717, 1.165) is 36.3 Å². The van der Waals surface area contributed by atoms with Gasteiger partial charge in [0.15, 0.2) is 5.96 Å². The van der Waals surface area contributed by atoms with E-state index in [0.29, 0.717) is 37.6 Å². The molecule has 2 aromatic rings. The van der Waals surface area contributed by atoms with Gasteiger partial charge < -0.3 is 20.9 Å². The number of anilines is 1. The number of benzene rings is 2. The van der Waals surface area contributed by atoms with Crippen LogP contribution in [0.4, 0.5) is 5.69 Å². The molecule has 0 saturated carbocycles. The Hall–Kier alpha value is -2.62. The summed E-state index contributed by atoms with van der Waals surface area (Å²) in [5.41, 5.74) is 3.68. The molecule has 7 nitrogen and oxygen atoms in total. The van der Waals surface area contributed by atoms with E-state index in [1.54, 1.807) is 6.07 Å². The molecule has 32 heavy (non-hydrogen) atoms. The highest BCUT2D eigenvalue weighted by Gasteiger charge is 2.21. The highest BCUT2D eigenvalue weighted by atomic mass is 127. The Bertz CT molecular complexity index is 930. The van der Waals surface area contributed by atoms with Crippen LogP contribution in [-0.2, 0) is 17.9 Å². The average Bonchev–Trinajstić information content (AvgIpc) is 3.22. The van der Waals surface area contributed by atoms with Gasteiger partial charge in [0.2, 0.25) is 5.91 Å². The molecule has 1 saturated heterocycles. The molecular weight excluding hydrogens is 517 g/mol. The minimum atomic E-state index is -0.0718. The Morgan fingerprint density at radius 3 is 2.41 bits per heavy atom. The zero-order valence-corrected chi connectivity index (χ0v) is 21.0. The first-order valence-corrected chi connectivity index (χ1v) is 10.9. The topological polar surface area (TPSA) is 85.8 Å². The summed E-state index contributed by atoms with van der Waals surface area (Å²) in [5.74, 6) is 0.839. The second kappa shape index (κ2) is 13.0. The lowest BCUT2D eigenvalue weighted by atomic mass is 10.1. The molecule has 2 amide bonds. The van der Waals surface area contributed by atoms with E-state index in [4.69, 9.17) is 0 Å². The smallest absolute Gasteiger partial charge is 0.251 e. The minimum Gasteiger partial charge on any atom is -0.357 e. The maximum atomic E-state index is 12.0. The van der Waals surface area contributed by atoms with Crippen molar-refractivity contribution in [1.82, 2.24) is 16.0 Å². The predicted octanol–water partition coefficient (Wildman–Crippen LogP) is 3.44. The summed E-state index contributed by atoms with van der Waals surface area (Å²) in [6.07, 6.45) is 1.56. The van der Waals surface area contributed by atoms with Crippen molar-refractivity contribution in [2.24, 2.45) is 4.99 Å². The highest BCUT2D eigenvalue weighted by Crippen LogP contribution is 2.21. The number of rotatable bonds is 8. The van der Waals surface area contributed by atoms with Gasteiger partial charge in [0.25, 0.3) is 5.91 Å². The highest BCUT2D eigenvalue weighted by molar-refractivity contribution is 14.0. The normalized spacial score (nSPS) is 13.5. The van der Waals surface area contributed by atoms with Gasteiger partial charge in [-0.2, -0.15) is 0 Å². The average molecular weight is 549 g/mol. The molecule has 0 atom stereocenters. The van der Waals surface area contributed by atoms with E-state index in [1.807, 2.05) is 61.2 Å². The standard InChI is InChI=1S/C24H31N5O2.HI/c1-3-25-23(31)20-8-5-7-19(15-20)17-28-24(26-4-2)27-16-18-10-12-21(13-11-18)29-14-6-9-22(29)30;/h5,7-8,10-13,15H,3-4,6,9,14,16-17H2,1-2H3,(H,25,31)(H2,26,27,28);1H. The van der Waals surface area contributed by atoms with Crippen LogP contribution in [-0.4, -0.2) is 37.4 Å². The van der Waals surface area contributed by atoms with E-state index in [9.17, 15) is 9.59 Å². The number of carbonyl (C=O) groups excluding carboxylic acids is 2. The summed E-state index contributed by atoms with van der Waals surface area (Å²) in [7, 11) is 0. The van der Waals surface area contributed by atoms with Gasteiger partial charge in [0, 0.05) is 43.9 Å². The Morgan fingerprint density at radius 2 is 1.75 bits per heavy atom. The molecule has 1 heterocycles. The van der Waals surface area contributed by atoms with Crippen LogP contribution < -0.4 is 20.9 Å². The molecule has 0 aromatic heterocycles. The number of nitrogens with zero attached hydrogens (tertiary/aromatic N) is 2. The van der Waals surface area contributed by atoms with E-state index in [-0.39, 0.29) is 35.8 Å². The van der Waals surface area contributed by atoms with Crippen molar-refractivity contribution in [2.75, 3.05) is 24.5 Å². The molecule has 1 aliphatic rings. The summed E-state index contributed by atoms with van der Waals surface area (Å²) >= 11 is 0. The van der Waals surface area contributed by atoms with Gasteiger partial charge in [0.1, 0.15) is 0 Å². The maximum Gasteiger partial charge on any atom is 0.251 e. The molecule has 2 aromatic carbocycles. The Morgan fingerprint density at radius 1 is 1.00 bits per heavy atom. The summed E-state index contributed by atoms with van der Waals surface area (Å²) < 4.78 is 0. The fourth-order valence-corrected chi connectivity index (χ4v) is 3.49. The number of hydrogen-bond donors (Lipinski definition) is 3. The third kappa shape index (κ3) is 7.22. The first-order valence-electron chi connectivity index (χ1n) is 10.9. The van der Waals surface area contributed by atoms with E-state index in [1.165, 1.54) is 0 Å². The van der Waals surface area contributed by atoms with Gasteiger partial charge in [0.05, 0.1) is 6.54 Å². The van der Waals surface area contributed by atoms with Crippen LogP contribution in [0.5, 0.6) is 0 Å². The van der Waals surface area contributed by atoms with Gasteiger partial charge >= 0.3 is 0 Å². The van der Waals surface area contributed by atoms with Crippen LogP contribution in [0.2, 0.25) is 0 Å². The summed E-state index contributed by atoms with van der Waals surface area (Å²) in [5, 5.41) is 9.41. The van der Waals surface area contributed by atoms with Crippen molar-refractivity contribution in [1.29, 1.82) is 0 Å². The van der Waals surface area contributed by atoms with Crippen LogP contribution >= 0.6 is 24.0 Å². The van der Waals surface area contributed by atoms with Gasteiger partial charge in [-0.05, 0) is 55.7 Å². The lowest BCUT2D eigenvalue weighted by molar-refractivity contribution is -0.117. The first kappa shape index (κ1) is 25.6. The number of guanidine groups is 1. The third-order valence-corrected chi connectivity index (χ3v) is 5.07. The first-order chi connectivity index (χ1) is 15.1. The number of aliphatic imine (C=N–C) groups is 1. The van der Waals surface area contributed by atoms with Crippen molar-refractivity contribution in [3.8, 4) is 0 Å². The van der Waals surface area contributed by atoms with E-state index >= 15 is 0 Å². The van der Waals surface area contributed by atoms with Crippen molar-refractivity contribution in [2.45, 2.75) is 39.8 Å². The fourth-order valence-electron chi connectivity index (χ4n) is 3.49. The van der Waals surface area contributed by atoms with Crippen molar-refractivity contribution < 1.29 is 9.59 Å². The molecule has 0 bridgehead atoms. The Kier molecular flexibility index (Phi) is 10.5. The molecule has 3 N–H and O–H groups in total. The molecule has 0 unspecified atom stereocenters. The van der Waals surface area contributed by atoms with E-state index in [2.05, 4.69) is 20.9 Å². The van der Waals surface area contributed by atoms with Crippen molar-refractivity contribution >= 4 is 47.4 Å². The number of hydrogen-bond acceptors (Lipinski definition) is 3. The number of carbonyl (C=O) groups is 2.